The first kappa shape index (κ1) is 14.9. The Morgan fingerprint density at radius 3 is 2.75 bits per heavy atom. The monoisotopic (exact) mass is 333 g/mol. The van der Waals surface area contributed by atoms with Crippen LogP contribution >= 0.6 is 15.9 Å². The van der Waals surface area contributed by atoms with E-state index < -0.39 is 0 Å². The molecule has 0 aliphatic heterocycles. The molecular formula is C17H20BrNO. The van der Waals surface area contributed by atoms with Crippen LogP contribution in [0, 0.1) is 6.92 Å². The summed E-state index contributed by atoms with van der Waals surface area (Å²) < 4.78 is 6.78. The molecule has 0 fully saturated rings. The molecule has 0 saturated carbocycles. The summed E-state index contributed by atoms with van der Waals surface area (Å²) in [6, 6.07) is 14.4. The number of hydrogen-bond acceptors (Lipinski definition) is 2. The van der Waals surface area contributed by atoms with Gasteiger partial charge in [0.15, 0.2) is 0 Å². The number of anilines is 1. The molecule has 2 aromatic rings. The molecule has 20 heavy (non-hydrogen) atoms. The molecule has 2 rings (SSSR count). The summed E-state index contributed by atoms with van der Waals surface area (Å²) in [7, 11) is 0. The predicted molar refractivity (Wildman–Crippen MR) is 88.4 cm³/mol. The molecular weight excluding hydrogens is 314 g/mol. The molecule has 1 N–H and O–H groups in total. The lowest BCUT2D eigenvalue weighted by Gasteiger charge is -2.12. The van der Waals surface area contributed by atoms with Gasteiger partial charge in [-0.2, -0.15) is 0 Å². The Morgan fingerprint density at radius 2 is 1.95 bits per heavy atom. The zero-order valence-electron chi connectivity index (χ0n) is 11.9. The molecule has 3 heteroatoms. The topological polar surface area (TPSA) is 21.3 Å². The van der Waals surface area contributed by atoms with Gasteiger partial charge in [-0.1, -0.05) is 41.1 Å². The van der Waals surface area contributed by atoms with Gasteiger partial charge in [0, 0.05) is 16.7 Å². The van der Waals surface area contributed by atoms with Crippen LogP contribution in [0.4, 0.5) is 5.69 Å². The van der Waals surface area contributed by atoms with Crippen LogP contribution in [0.5, 0.6) is 5.75 Å². The van der Waals surface area contributed by atoms with Crippen molar-refractivity contribution in [3.8, 4) is 5.75 Å². The molecule has 0 aliphatic rings. The van der Waals surface area contributed by atoms with E-state index in [0.717, 1.165) is 35.5 Å². The average Bonchev–Trinajstić information content (AvgIpc) is 2.47. The fraction of sp³-hybridized carbons (Fsp3) is 0.294. The van der Waals surface area contributed by atoms with E-state index in [4.69, 9.17) is 4.74 Å². The van der Waals surface area contributed by atoms with Crippen LogP contribution in [0.25, 0.3) is 0 Å². The highest BCUT2D eigenvalue weighted by molar-refractivity contribution is 9.10. The van der Waals surface area contributed by atoms with Gasteiger partial charge in [0.05, 0.1) is 6.61 Å². The first-order valence-corrected chi connectivity index (χ1v) is 7.70. The summed E-state index contributed by atoms with van der Waals surface area (Å²) in [6.45, 7) is 5.77. The van der Waals surface area contributed by atoms with E-state index in [-0.39, 0.29) is 0 Å². The fourth-order valence-electron chi connectivity index (χ4n) is 1.96. The van der Waals surface area contributed by atoms with Crippen LogP contribution in [0.1, 0.15) is 24.5 Å². The molecule has 0 heterocycles. The Hall–Kier alpha value is -1.48. The molecule has 0 bridgehead atoms. The maximum absolute atomic E-state index is 5.66. The van der Waals surface area contributed by atoms with Gasteiger partial charge in [0.2, 0.25) is 0 Å². The Labute approximate surface area is 129 Å². The Morgan fingerprint density at radius 1 is 1.15 bits per heavy atom. The lowest BCUT2D eigenvalue weighted by atomic mass is 10.1. The highest BCUT2D eigenvalue weighted by Gasteiger charge is 2.02. The van der Waals surface area contributed by atoms with Crippen LogP contribution in [0.2, 0.25) is 0 Å². The second kappa shape index (κ2) is 7.34. The largest absolute Gasteiger partial charge is 0.494 e. The van der Waals surface area contributed by atoms with E-state index in [1.165, 1.54) is 11.1 Å². The van der Waals surface area contributed by atoms with Gasteiger partial charge in [-0.25, -0.2) is 0 Å². The molecule has 2 nitrogen and oxygen atoms in total. The third-order valence-electron chi connectivity index (χ3n) is 3.12. The normalized spacial score (nSPS) is 10.3. The predicted octanol–water partition coefficient (Wildman–Crippen LogP) is 5.16. The fourth-order valence-corrected chi connectivity index (χ4v) is 2.33. The number of rotatable bonds is 6. The maximum Gasteiger partial charge on any atom is 0.119 e. The van der Waals surface area contributed by atoms with Crippen LogP contribution in [0.3, 0.4) is 0 Å². The second-order valence-electron chi connectivity index (χ2n) is 4.76. The molecule has 0 spiro atoms. The van der Waals surface area contributed by atoms with Crippen LogP contribution < -0.4 is 10.1 Å². The van der Waals surface area contributed by atoms with Crippen molar-refractivity contribution in [2.45, 2.75) is 26.8 Å². The summed E-state index contributed by atoms with van der Waals surface area (Å²) in [5.74, 6) is 0.942. The molecule has 0 unspecified atom stereocenters. The molecule has 0 amide bonds. The van der Waals surface area contributed by atoms with Gasteiger partial charge in [-0.3, -0.25) is 0 Å². The van der Waals surface area contributed by atoms with Gasteiger partial charge in [0.25, 0.3) is 0 Å². The molecule has 106 valence electrons. The third-order valence-corrected chi connectivity index (χ3v) is 3.98. The smallest absolute Gasteiger partial charge is 0.119 e. The van der Waals surface area contributed by atoms with E-state index in [9.17, 15) is 0 Å². The number of benzene rings is 2. The van der Waals surface area contributed by atoms with Gasteiger partial charge in [-0.15, -0.1) is 0 Å². The number of hydrogen-bond donors (Lipinski definition) is 1. The van der Waals surface area contributed by atoms with Gasteiger partial charge in [0.1, 0.15) is 5.75 Å². The molecule has 0 atom stereocenters. The third kappa shape index (κ3) is 4.01. The van der Waals surface area contributed by atoms with Crippen molar-refractivity contribution in [1.82, 2.24) is 0 Å². The number of halogens is 1. The molecule has 2 aromatic carbocycles. The van der Waals surface area contributed by atoms with E-state index in [0.29, 0.717) is 0 Å². The molecule has 0 saturated heterocycles. The van der Waals surface area contributed by atoms with Crippen molar-refractivity contribution in [3.63, 3.8) is 0 Å². The Kier molecular flexibility index (Phi) is 5.48. The van der Waals surface area contributed by atoms with Crippen molar-refractivity contribution in [2.24, 2.45) is 0 Å². The minimum atomic E-state index is 0.765. The zero-order valence-corrected chi connectivity index (χ0v) is 13.5. The summed E-state index contributed by atoms with van der Waals surface area (Å²) in [5.41, 5.74) is 3.60. The van der Waals surface area contributed by atoms with Crippen molar-refractivity contribution in [2.75, 3.05) is 11.9 Å². The van der Waals surface area contributed by atoms with Gasteiger partial charge in [-0.05, 0) is 48.7 Å². The summed E-state index contributed by atoms with van der Waals surface area (Å²) in [5, 5.41) is 3.47. The van der Waals surface area contributed by atoms with Crippen molar-refractivity contribution in [1.29, 1.82) is 0 Å². The standard InChI is InChI=1S/C17H20BrNO/c1-3-10-20-15-7-4-6-14(11-15)12-19-17-9-5-8-16(18)13(17)2/h4-9,11,19H,3,10,12H2,1-2H3. The second-order valence-corrected chi connectivity index (χ2v) is 5.62. The SMILES string of the molecule is CCCOc1cccc(CNc2cccc(Br)c2C)c1. The summed E-state index contributed by atoms with van der Waals surface area (Å²) in [4.78, 5) is 0. The van der Waals surface area contributed by atoms with Crippen LogP contribution in [-0.4, -0.2) is 6.61 Å². The molecule has 0 aliphatic carbocycles. The summed E-state index contributed by atoms with van der Waals surface area (Å²) >= 11 is 3.55. The van der Waals surface area contributed by atoms with Crippen LogP contribution in [0.15, 0.2) is 46.9 Å². The highest BCUT2D eigenvalue weighted by atomic mass is 79.9. The molecule has 0 radical (unpaired) electrons. The lowest BCUT2D eigenvalue weighted by Crippen LogP contribution is -2.02. The van der Waals surface area contributed by atoms with Gasteiger partial charge < -0.3 is 10.1 Å². The molecule has 0 aromatic heterocycles. The first-order chi connectivity index (χ1) is 9.70. The van der Waals surface area contributed by atoms with Crippen molar-refractivity contribution in [3.05, 3.63) is 58.1 Å². The number of nitrogens with one attached hydrogen (secondary N) is 1. The van der Waals surface area contributed by atoms with Crippen molar-refractivity contribution < 1.29 is 4.74 Å². The van der Waals surface area contributed by atoms with E-state index in [2.05, 4.69) is 59.4 Å². The first-order valence-electron chi connectivity index (χ1n) is 6.91. The Balaban J connectivity index is 2.01. The van der Waals surface area contributed by atoms with Gasteiger partial charge >= 0.3 is 0 Å². The minimum Gasteiger partial charge on any atom is -0.494 e. The number of ether oxygens (including phenoxy) is 1. The average molecular weight is 334 g/mol. The van der Waals surface area contributed by atoms with Crippen LogP contribution in [-0.2, 0) is 6.54 Å². The lowest BCUT2D eigenvalue weighted by molar-refractivity contribution is 0.317. The Bertz CT molecular complexity index is 569. The van der Waals surface area contributed by atoms with E-state index >= 15 is 0 Å². The van der Waals surface area contributed by atoms with E-state index in [1.807, 2.05) is 18.2 Å². The minimum absolute atomic E-state index is 0.765. The van der Waals surface area contributed by atoms with Crippen molar-refractivity contribution >= 4 is 21.6 Å². The highest BCUT2D eigenvalue weighted by Crippen LogP contribution is 2.24. The maximum atomic E-state index is 5.66. The zero-order chi connectivity index (χ0) is 14.4. The quantitative estimate of drug-likeness (QED) is 0.788. The van der Waals surface area contributed by atoms with E-state index in [1.54, 1.807) is 0 Å². The summed E-state index contributed by atoms with van der Waals surface area (Å²) in [6.07, 6.45) is 1.03.